The lowest BCUT2D eigenvalue weighted by atomic mass is 10.1. The average molecular weight is 475 g/mol. The summed E-state index contributed by atoms with van der Waals surface area (Å²) >= 11 is 1.79. The van der Waals surface area contributed by atoms with E-state index in [9.17, 15) is 5.11 Å². The zero-order valence-electron chi connectivity index (χ0n) is 14.7. The van der Waals surface area contributed by atoms with E-state index in [0.717, 1.165) is 47.2 Å². The first kappa shape index (κ1) is 20.4. The summed E-state index contributed by atoms with van der Waals surface area (Å²) in [4.78, 5) is 6.68. The third-order valence-corrected chi connectivity index (χ3v) is 5.41. The number of benzene rings is 1. The fraction of sp³-hybridized carbons (Fsp3) is 0.500. The van der Waals surface area contributed by atoms with Gasteiger partial charge in [-0.3, -0.25) is 4.99 Å². The largest absolute Gasteiger partial charge is 0.459 e. The Morgan fingerprint density at radius 3 is 2.92 bits per heavy atom. The highest BCUT2D eigenvalue weighted by Crippen LogP contribution is 2.28. The van der Waals surface area contributed by atoms with Crippen LogP contribution in [0.5, 0.6) is 0 Å². The smallest absolute Gasteiger partial charge is 0.194 e. The Kier molecular flexibility index (Phi) is 7.45. The van der Waals surface area contributed by atoms with Gasteiger partial charge in [-0.15, -0.1) is 24.0 Å². The third kappa shape index (κ3) is 5.27. The standard InChI is InChI=1S/C18H25N3O2S.HI/c1-3-19-17(20-12-18(22)8-9-24-13-18)21(2)11-15-10-14-6-4-5-7-16(14)23-15;/h4-7,10,22H,3,8-9,11-13H2,1-2H3,(H,19,20);1H. The van der Waals surface area contributed by atoms with Crippen LogP contribution in [0.25, 0.3) is 11.0 Å². The number of nitrogens with zero attached hydrogens (tertiary/aromatic N) is 2. The molecule has 1 saturated heterocycles. The van der Waals surface area contributed by atoms with Crippen molar-refractivity contribution in [2.45, 2.75) is 25.5 Å². The van der Waals surface area contributed by atoms with Crippen molar-refractivity contribution >= 4 is 52.7 Å². The minimum atomic E-state index is -0.661. The van der Waals surface area contributed by atoms with Gasteiger partial charge >= 0.3 is 0 Å². The zero-order valence-corrected chi connectivity index (χ0v) is 17.8. The summed E-state index contributed by atoms with van der Waals surface area (Å²) in [6.45, 7) is 3.90. The van der Waals surface area contributed by atoms with Gasteiger partial charge in [-0.2, -0.15) is 11.8 Å². The number of hydrogen-bond donors (Lipinski definition) is 2. The molecule has 2 heterocycles. The monoisotopic (exact) mass is 475 g/mol. The molecule has 1 atom stereocenters. The van der Waals surface area contributed by atoms with E-state index < -0.39 is 5.60 Å². The van der Waals surface area contributed by atoms with E-state index >= 15 is 0 Å². The van der Waals surface area contributed by atoms with Gasteiger partial charge in [-0.1, -0.05) is 18.2 Å². The Morgan fingerprint density at radius 2 is 2.24 bits per heavy atom. The van der Waals surface area contributed by atoms with Crippen molar-refractivity contribution < 1.29 is 9.52 Å². The molecule has 1 aliphatic rings. The van der Waals surface area contributed by atoms with E-state index in [1.807, 2.05) is 37.1 Å². The number of halogens is 1. The molecule has 1 fully saturated rings. The summed E-state index contributed by atoms with van der Waals surface area (Å²) in [5.74, 6) is 3.48. The van der Waals surface area contributed by atoms with Crippen LogP contribution in [0.1, 0.15) is 19.1 Å². The molecule has 0 radical (unpaired) electrons. The van der Waals surface area contributed by atoms with Gasteiger partial charge < -0.3 is 19.7 Å². The molecule has 7 heteroatoms. The number of hydrogen-bond acceptors (Lipinski definition) is 4. The number of furan rings is 1. The van der Waals surface area contributed by atoms with E-state index in [1.165, 1.54) is 0 Å². The molecule has 1 aromatic heterocycles. The normalized spacial score (nSPS) is 20.5. The molecule has 0 bridgehead atoms. The molecule has 1 aliphatic heterocycles. The maximum absolute atomic E-state index is 10.5. The van der Waals surface area contributed by atoms with Crippen LogP contribution in [-0.4, -0.2) is 53.2 Å². The Morgan fingerprint density at radius 1 is 1.44 bits per heavy atom. The van der Waals surface area contributed by atoms with E-state index in [4.69, 9.17) is 4.42 Å². The van der Waals surface area contributed by atoms with E-state index in [2.05, 4.69) is 22.4 Å². The SMILES string of the molecule is CCNC(=NCC1(O)CCSC1)N(C)Cc1cc2ccccc2o1.I. The number of nitrogens with one attached hydrogen (secondary N) is 1. The summed E-state index contributed by atoms with van der Waals surface area (Å²) in [7, 11) is 1.99. The van der Waals surface area contributed by atoms with E-state index in [1.54, 1.807) is 11.8 Å². The van der Waals surface area contributed by atoms with Crippen molar-refractivity contribution in [1.82, 2.24) is 10.2 Å². The highest BCUT2D eigenvalue weighted by molar-refractivity contribution is 14.0. The number of guanidine groups is 1. The Hall–Kier alpha value is -0.930. The number of fused-ring (bicyclic) bond motifs is 1. The lowest BCUT2D eigenvalue weighted by molar-refractivity contribution is 0.0776. The Labute approximate surface area is 170 Å². The van der Waals surface area contributed by atoms with Crippen molar-refractivity contribution in [3.63, 3.8) is 0 Å². The number of aliphatic imine (C=N–C) groups is 1. The fourth-order valence-corrected chi connectivity index (χ4v) is 4.12. The van der Waals surface area contributed by atoms with Gasteiger partial charge in [0, 0.05) is 24.7 Å². The molecular formula is C18H26IN3O2S. The zero-order chi connectivity index (χ0) is 17.0. The van der Waals surface area contributed by atoms with Gasteiger partial charge in [-0.25, -0.2) is 0 Å². The molecule has 3 rings (SSSR count). The fourth-order valence-electron chi connectivity index (χ4n) is 2.84. The second kappa shape index (κ2) is 9.14. The maximum atomic E-state index is 10.5. The third-order valence-electron chi connectivity index (χ3n) is 4.17. The molecule has 1 aromatic carbocycles. The molecule has 0 aliphatic carbocycles. The van der Waals surface area contributed by atoms with Crippen LogP contribution in [-0.2, 0) is 6.54 Å². The van der Waals surface area contributed by atoms with Crippen LogP contribution < -0.4 is 5.32 Å². The van der Waals surface area contributed by atoms with Crippen molar-refractivity contribution in [2.75, 3.05) is 31.6 Å². The van der Waals surface area contributed by atoms with Crippen LogP contribution in [0, 0.1) is 0 Å². The van der Waals surface area contributed by atoms with Crippen LogP contribution in [0.4, 0.5) is 0 Å². The van der Waals surface area contributed by atoms with Crippen molar-refractivity contribution in [3.8, 4) is 0 Å². The topological polar surface area (TPSA) is 61.0 Å². The number of para-hydroxylation sites is 1. The first-order chi connectivity index (χ1) is 11.6. The van der Waals surface area contributed by atoms with Crippen LogP contribution in [0.3, 0.4) is 0 Å². The lowest BCUT2D eigenvalue weighted by Crippen LogP contribution is -2.40. The molecule has 5 nitrogen and oxygen atoms in total. The molecule has 2 aromatic rings. The predicted molar refractivity (Wildman–Crippen MR) is 116 cm³/mol. The van der Waals surface area contributed by atoms with Gasteiger partial charge in [0.1, 0.15) is 11.3 Å². The van der Waals surface area contributed by atoms with Crippen LogP contribution >= 0.6 is 35.7 Å². The van der Waals surface area contributed by atoms with Crippen LogP contribution in [0.15, 0.2) is 39.7 Å². The molecule has 0 amide bonds. The quantitative estimate of drug-likeness (QED) is 0.395. The second-order valence-corrected chi connectivity index (χ2v) is 7.41. The molecule has 138 valence electrons. The lowest BCUT2D eigenvalue weighted by Gasteiger charge is -2.24. The summed E-state index contributed by atoms with van der Waals surface area (Å²) < 4.78 is 5.89. The number of rotatable bonds is 5. The molecular weight excluding hydrogens is 449 g/mol. The highest BCUT2D eigenvalue weighted by Gasteiger charge is 2.31. The number of thioether (sulfide) groups is 1. The average Bonchev–Trinajstić information content (AvgIpc) is 3.17. The summed E-state index contributed by atoms with van der Waals surface area (Å²) in [6, 6.07) is 10.1. The van der Waals surface area contributed by atoms with Gasteiger partial charge in [0.15, 0.2) is 5.96 Å². The van der Waals surface area contributed by atoms with Gasteiger partial charge in [0.05, 0.1) is 18.7 Å². The maximum Gasteiger partial charge on any atom is 0.194 e. The van der Waals surface area contributed by atoms with Gasteiger partial charge in [0.2, 0.25) is 0 Å². The van der Waals surface area contributed by atoms with Crippen molar-refractivity contribution in [2.24, 2.45) is 4.99 Å². The minimum Gasteiger partial charge on any atom is -0.459 e. The predicted octanol–water partition coefficient (Wildman–Crippen LogP) is 3.32. The molecule has 1 unspecified atom stereocenters. The second-order valence-electron chi connectivity index (χ2n) is 6.30. The summed E-state index contributed by atoms with van der Waals surface area (Å²) in [5.41, 5.74) is 0.242. The summed E-state index contributed by atoms with van der Waals surface area (Å²) in [5, 5.41) is 14.9. The van der Waals surface area contributed by atoms with Gasteiger partial charge in [0.25, 0.3) is 0 Å². The molecule has 0 spiro atoms. The minimum absolute atomic E-state index is 0. The van der Waals surface area contributed by atoms with E-state index in [-0.39, 0.29) is 24.0 Å². The first-order valence-electron chi connectivity index (χ1n) is 8.37. The van der Waals surface area contributed by atoms with Crippen molar-refractivity contribution in [1.29, 1.82) is 0 Å². The Bertz CT molecular complexity index is 680. The van der Waals surface area contributed by atoms with Gasteiger partial charge in [-0.05, 0) is 31.2 Å². The molecule has 2 N–H and O–H groups in total. The van der Waals surface area contributed by atoms with E-state index in [0.29, 0.717) is 13.1 Å². The number of aliphatic hydroxyl groups is 1. The molecule has 0 saturated carbocycles. The Balaban J connectivity index is 0.00000225. The van der Waals surface area contributed by atoms with Crippen LogP contribution in [0.2, 0.25) is 0 Å². The first-order valence-corrected chi connectivity index (χ1v) is 9.52. The van der Waals surface area contributed by atoms with Crippen molar-refractivity contribution in [3.05, 3.63) is 36.1 Å². The highest BCUT2D eigenvalue weighted by atomic mass is 127. The summed E-state index contributed by atoms with van der Waals surface area (Å²) in [6.07, 6.45) is 0.813. The molecule has 25 heavy (non-hydrogen) atoms.